The summed E-state index contributed by atoms with van der Waals surface area (Å²) in [5.41, 5.74) is 2.43. The van der Waals surface area contributed by atoms with Crippen molar-refractivity contribution in [2.45, 2.75) is 6.92 Å². The van der Waals surface area contributed by atoms with Gasteiger partial charge in [0, 0.05) is 11.1 Å². The van der Waals surface area contributed by atoms with Crippen LogP contribution in [0.5, 0.6) is 0 Å². The number of carboxylic acid groups (broad SMARTS) is 1. The molecule has 0 bridgehead atoms. The molecule has 126 valence electrons. The van der Waals surface area contributed by atoms with Crippen molar-refractivity contribution >= 4 is 29.2 Å². The maximum Gasteiger partial charge on any atom is 0.371 e. The maximum absolute atomic E-state index is 12.5. The van der Waals surface area contributed by atoms with Crippen molar-refractivity contribution in [2.75, 3.05) is 5.32 Å². The monoisotopic (exact) mass is 355 g/mol. The van der Waals surface area contributed by atoms with E-state index in [0.29, 0.717) is 27.6 Å². The quantitative estimate of drug-likeness (QED) is 0.700. The van der Waals surface area contributed by atoms with E-state index in [0.717, 1.165) is 5.56 Å². The molecule has 0 atom stereocenters. The van der Waals surface area contributed by atoms with E-state index in [1.54, 1.807) is 36.4 Å². The summed E-state index contributed by atoms with van der Waals surface area (Å²) in [7, 11) is 0. The van der Waals surface area contributed by atoms with Crippen molar-refractivity contribution < 1.29 is 19.1 Å². The fraction of sp³-hybridized carbons (Fsp3) is 0.0526. The largest absolute Gasteiger partial charge is 0.475 e. The van der Waals surface area contributed by atoms with Crippen molar-refractivity contribution in [1.82, 2.24) is 0 Å². The van der Waals surface area contributed by atoms with Gasteiger partial charge in [-0.25, -0.2) is 4.79 Å². The third kappa shape index (κ3) is 3.56. The number of rotatable bonds is 4. The molecule has 0 aliphatic carbocycles. The molecule has 2 N–H and O–H groups in total. The second kappa shape index (κ2) is 6.83. The minimum atomic E-state index is -1.15. The molecule has 25 heavy (non-hydrogen) atoms. The summed E-state index contributed by atoms with van der Waals surface area (Å²) in [5.74, 6) is -1.20. The Bertz CT molecular complexity index is 962. The third-order valence-corrected chi connectivity index (χ3v) is 4.04. The first-order valence-electron chi connectivity index (χ1n) is 7.46. The minimum Gasteiger partial charge on any atom is -0.475 e. The van der Waals surface area contributed by atoms with Gasteiger partial charge < -0.3 is 14.8 Å². The predicted octanol–water partition coefficient (Wildman–Crippen LogP) is 4.86. The number of nitrogens with one attached hydrogen (secondary N) is 1. The second-order valence-electron chi connectivity index (χ2n) is 5.43. The predicted molar refractivity (Wildman–Crippen MR) is 95.2 cm³/mol. The number of hydrogen-bond donors (Lipinski definition) is 2. The van der Waals surface area contributed by atoms with E-state index >= 15 is 0 Å². The Morgan fingerprint density at radius 1 is 1.08 bits per heavy atom. The number of aryl methyl sites for hydroxylation is 1. The van der Waals surface area contributed by atoms with Gasteiger partial charge in [0.2, 0.25) is 5.76 Å². The molecule has 0 unspecified atom stereocenters. The molecule has 0 radical (unpaired) electrons. The molecule has 3 rings (SSSR count). The van der Waals surface area contributed by atoms with Gasteiger partial charge in [-0.3, -0.25) is 4.79 Å². The van der Waals surface area contributed by atoms with Crippen LogP contribution in [0.25, 0.3) is 11.3 Å². The highest BCUT2D eigenvalue weighted by Gasteiger charge is 2.14. The highest BCUT2D eigenvalue weighted by atomic mass is 35.5. The number of anilines is 1. The number of halogens is 1. The van der Waals surface area contributed by atoms with Crippen LogP contribution in [-0.4, -0.2) is 17.0 Å². The molecule has 0 aliphatic heterocycles. The van der Waals surface area contributed by atoms with Gasteiger partial charge in [-0.15, -0.1) is 0 Å². The molecule has 0 aliphatic rings. The third-order valence-electron chi connectivity index (χ3n) is 3.71. The van der Waals surface area contributed by atoms with Gasteiger partial charge in [0.05, 0.1) is 10.7 Å². The average Bonchev–Trinajstić information content (AvgIpc) is 3.07. The lowest BCUT2D eigenvalue weighted by Crippen LogP contribution is -2.13. The van der Waals surface area contributed by atoms with E-state index in [2.05, 4.69) is 5.32 Å². The van der Waals surface area contributed by atoms with Gasteiger partial charge in [-0.2, -0.15) is 0 Å². The molecule has 3 aromatic rings. The summed E-state index contributed by atoms with van der Waals surface area (Å²) in [6.07, 6.45) is 0. The Balaban J connectivity index is 1.90. The van der Waals surface area contributed by atoms with Gasteiger partial charge in [0.1, 0.15) is 5.76 Å². The van der Waals surface area contributed by atoms with Crippen LogP contribution < -0.4 is 5.32 Å². The Morgan fingerprint density at radius 3 is 2.52 bits per heavy atom. The molecule has 1 amide bonds. The molecule has 6 heteroatoms. The van der Waals surface area contributed by atoms with Crippen molar-refractivity contribution in [2.24, 2.45) is 0 Å². The van der Waals surface area contributed by atoms with Crippen LogP contribution in [0.15, 0.2) is 59.0 Å². The fourth-order valence-corrected chi connectivity index (χ4v) is 2.56. The molecule has 0 spiro atoms. The van der Waals surface area contributed by atoms with E-state index in [9.17, 15) is 9.59 Å². The summed E-state index contributed by atoms with van der Waals surface area (Å²) < 4.78 is 5.28. The summed E-state index contributed by atoms with van der Waals surface area (Å²) in [4.78, 5) is 23.4. The number of benzene rings is 2. The first kappa shape index (κ1) is 16.8. The van der Waals surface area contributed by atoms with Crippen molar-refractivity contribution in [1.29, 1.82) is 0 Å². The Kier molecular flexibility index (Phi) is 4.59. The Hall–Kier alpha value is -3.05. The molecule has 5 nitrogen and oxygen atoms in total. The van der Waals surface area contributed by atoms with E-state index in [4.69, 9.17) is 21.1 Å². The first-order chi connectivity index (χ1) is 12.0. The van der Waals surface area contributed by atoms with Crippen LogP contribution in [0.2, 0.25) is 5.02 Å². The Morgan fingerprint density at radius 2 is 1.84 bits per heavy atom. The van der Waals surface area contributed by atoms with Gasteiger partial charge in [-0.05, 0) is 48.9 Å². The lowest BCUT2D eigenvalue weighted by atomic mass is 10.1. The average molecular weight is 356 g/mol. The minimum absolute atomic E-state index is 0.157. The van der Waals surface area contributed by atoms with Gasteiger partial charge in [0.25, 0.3) is 5.91 Å². The standard InChI is InChI=1S/C19H14ClNO4/c1-11-4-2-3-5-13(11)18(22)21-15-10-12(6-7-14(15)20)16-8-9-17(25-16)19(23)24/h2-10H,1H3,(H,21,22)(H,23,24). The molecule has 0 saturated heterocycles. The molecule has 2 aromatic carbocycles. The van der Waals surface area contributed by atoms with E-state index in [1.807, 2.05) is 19.1 Å². The zero-order valence-electron chi connectivity index (χ0n) is 13.2. The summed E-state index contributed by atoms with van der Waals surface area (Å²) in [6.45, 7) is 1.85. The zero-order valence-corrected chi connectivity index (χ0v) is 14.0. The van der Waals surface area contributed by atoms with E-state index < -0.39 is 5.97 Å². The summed E-state index contributed by atoms with van der Waals surface area (Å²) in [5, 5.41) is 12.1. The summed E-state index contributed by atoms with van der Waals surface area (Å²) in [6, 6.07) is 15.1. The normalized spacial score (nSPS) is 10.5. The maximum atomic E-state index is 12.5. The lowest BCUT2D eigenvalue weighted by Gasteiger charge is -2.10. The van der Waals surface area contributed by atoms with Crippen LogP contribution in [0.4, 0.5) is 5.69 Å². The number of hydrogen-bond acceptors (Lipinski definition) is 3. The number of amides is 1. The van der Waals surface area contributed by atoms with E-state index in [1.165, 1.54) is 6.07 Å². The van der Waals surface area contributed by atoms with Crippen molar-refractivity contribution in [3.05, 3.63) is 76.5 Å². The van der Waals surface area contributed by atoms with Crippen LogP contribution in [0, 0.1) is 6.92 Å². The molecule has 1 heterocycles. The highest BCUT2D eigenvalue weighted by Crippen LogP contribution is 2.30. The molecule has 0 fully saturated rings. The Labute approximate surface area is 148 Å². The molecular formula is C19H14ClNO4. The zero-order chi connectivity index (χ0) is 18.0. The first-order valence-corrected chi connectivity index (χ1v) is 7.83. The lowest BCUT2D eigenvalue weighted by molar-refractivity contribution is 0.0663. The molecule has 0 saturated carbocycles. The fourth-order valence-electron chi connectivity index (χ4n) is 2.40. The smallest absolute Gasteiger partial charge is 0.371 e. The number of aromatic carboxylic acids is 1. The van der Waals surface area contributed by atoms with Crippen molar-refractivity contribution in [3.63, 3.8) is 0 Å². The van der Waals surface area contributed by atoms with Crippen LogP contribution in [0.1, 0.15) is 26.5 Å². The van der Waals surface area contributed by atoms with Gasteiger partial charge >= 0.3 is 5.97 Å². The topological polar surface area (TPSA) is 79.5 Å². The van der Waals surface area contributed by atoms with E-state index in [-0.39, 0.29) is 11.7 Å². The van der Waals surface area contributed by atoms with Crippen LogP contribution in [-0.2, 0) is 0 Å². The SMILES string of the molecule is Cc1ccccc1C(=O)Nc1cc(-c2ccc(C(=O)O)o2)ccc1Cl. The van der Waals surface area contributed by atoms with Crippen molar-refractivity contribution in [3.8, 4) is 11.3 Å². The number of furan rings is 1. The van der Waals surface area contributed by atoms with Gasteiger partial charge in [0.15, 0.2) is 0 Å². The molecular weight excluding hydrogens is 342 g/mol. The second-order valence-corrected chi connectivity index (χ2v) is 5.84. The van der Waals surface area contributed by atoms with Crippen LogP contribution in [0.3, 0.4) is 0 Å². The number of carboxylic acids is 1. The highest BCUT2D eigenvalue weighted by molar-refractivity contribution is 6.34. The van der Waals surface area contributed by atoms with Gasteiger partial charge in [-0.1, -0.05) is 29.8 Å². The molecule has 1 aromatic heterocycles. The summed E-state index contributed by atoms with van der Waals surface area (Å²) >= 11 is 6.17. The van der Waals surface area contributed by atoms with Crippen LogP contribution >= 0.6 is 11.6 Å². The number of carbonyl (C=O) groups is 2. The number of carbonyl (C=O) groups excluding carboxylic acids is 1.